The molecule has 3 fully saturated rings. The molecule has 4 aromatic rings. The average Bonchev–Trinajstić information content (AvgIpc) is 1.73. The number of aliphatic hydroxyl groups excluding tert-OH is 7. The molecule has 7 amide bonds. The summed E-state index contributed by atoms with van der Waals surface area (Å²) in [5, 5.41) is 106. The summed E-state index contributed by atoms with van der Waals surface area (Å²) in [6.45, 7) is 6.29. The van der Waals surface area contributed by atoms with Crippen LogP contribution in [0, 0.1) is 5.92 Å². The summed E-state index contributed by atoms with van der Waals surface area (Å²) in [5.74, 6) is -8.29. The molecule has 15 atom stereocenters. The first-order valence-electron chi connectivity index (χ1n) is 30.7. The lowest BCUT2D eigenvalue weighted by Crippen LogP contribution is -2.64. The number of phenols is 1. The van der Waals surface area contributed by atoms with Crippen molar-refractivity contribution in [3.8, 4) is 33.8 Å². The van der Waals surface area contributed by atoms with Gasteiger partial charge in [-0.1, -0.05) is 87.4 Å². The number of nitrogens with zero attached hydrogens (tertiary/aromatic N) is 2. The van der Waals surface area contributed by atoms with Gasteiger partial charge in [-0.2, -0.15) is 0 Å². The first kappa shape index (κ1) is 70.8. The maximum atomic E-state index is 14.8. The zero-order valence-corrected chi connectivity index (χ0v) is 51.4. The van der Waals surface area contributed by atoms with E-state index in [0.29, 0.717) is 6.61 Å². The van der Waals surface area contributed by atoms with Gasteiger partial charge < -0.3 is 97.2 Å². The molecule has 27 nitrogen and oxygen atoms in total. The van der Waals surface area contributed by atoms with Crippen molar-refractivity contribution in [2.45, 2.75) is 145 Å². The van der Waals surface area contributed by atoms with Crippen LogP contribution < -0.4 is 42.4 Å². The van der Waals surface area contributed by atoms with Crippen LogP contribution in [0.3, 0.4) is 0 Å². The average molecular weight is 1270 g/mol. The molecule has 3 aliphatic heterocycles. The fourth-order valence-electron chi connectivity index (χ4n) is 11.1. The van der Waals surface area contributed by atoms with Crippen LogP contribution in [0.2, 0.25) is 0 Å². The van der Waals surface area contributed by atoms with Gasteiger partial charge in [-0.3, -0.25) is 38.9 Å². The highest BCUT2D eigenvalue weighted by molar-refractivity contribution is 6.00. The van der Waals surface area contributed by atoms with Gasteiger partial charge in [-0.15, -0.1) is 0 Å². The van der Waals surface area contributed by atoms with E-state index in [1.54, 1.807) is 12.1 Å². The van der Waals surface area contributed by atoms with Crippen molar-refractivity contribution in [1.29, 1.82) is 0 Å². The SMILES string of the molecule is CCCCCOc1ccc(-c2ccc(-c3ccc(C(=O)NC4C[C@@H](O)C(NCCOCCOCCN)NC(=O)C5[C@@H](O)[C@@H](C)CN5C(=O)C([C@@H](C)O)NC(=O)C([C@H](O)[C@@H](O)c5ccc(O)cc5)NC(=O)C5C[C@@H](O)CN5C(=O)C([C@@H](C)O)NC4=O)cc3)cc2)cc1. The lowest BCUT2D eigenvalue weighted by Gasteiger charge is -2.34. The second-order valence-corrected chi connectivity index (χ2v) is 23.3. The zero-order valence-electron chi connectivity index (χ0n) is 51.4. The summed E-state index contributed by atoms with van der Waals surface area (Å²) in [6, 6.07) is 15.2. The third-order valence-corrected chi connectivity index (χ3v) is 16.3. The van der Waals surface area contributed by atoms with Gasteiger partial charge in [0.1, 0.15) is 66.1 Å². The summed E-state index contributed by atoms with van der Waals surface area (Å²) < 4.78 is 16.9. The highest BCUT2D eigenvalue weighted by Gasteiger charge is 2.50. The Balaban J connectivity index is 1.23. The van der Waals surface area contributed by atoms with Crippen molar-refractivity contribution in [2.75, 3.05) is 59.2 Å². The van der Waals surface area contributed by atoms with Gasteiger partial charge in [0.25, 0.3) is 5.91 Å². The molecule has 16 N–H and O–H groups in total. The van der Waals surface area contributed by atoms with E-state index in [1.807, 2.05) is 48.5 Å². The molecular weight excluding hydrogens is 1180 g/mol. The van der Waals surface area contributed by atoms with Gasteiger partial charge >= 0.3 is 0 Å². The Hall–Kier alpha value is -7.67. The van der Waals surface area contributed by atoms with Gasteiger partial charge in [0.05, 0.1) is 63.6 Å². The molecule has 91 heavy (non-hydrogen) atoms. The quantitative estimate of drug-likeness (QED) is 0.0382. The number of nitrogens with two attached hydrogens (primary N) is 1. The first-order valence-corrected chi connectivity index (χ1v) is 30.7. The number of carbonyl (C=O) groups excluding carboxylic acids is 7. The molecule has 0 saturated carbocycles. The number of amides is 7. The van der Waals surface area contributed by atoms with E-state index >= 15 is 0 Å². The summed E-state index contributed by atoms with van der Waals surface area (Å²) in [4.78, 5) is 104. The standard InChI is InChI=1S/C64H87N9O18/c1-5-6-7-26-91-46-22-18-41(19-23-46)39-10-8-38(9-11-39)40-12-14-43(15-13-40)58(82)67-47-32-49(78)57(66-25-28-90-30-29-89-27-24-65)71-62(86)53-54(79)35(2)33-73(53)64(88)51(37(4)75)69-61(85)52(56(81)55(80)42-16-20-44(76)21-17-42)70-60(84)48-31-45(77)34-72(48)63(87)50(36(3)74)68-59(47)83/h8-23,35-37,45,47-57,66,74-81H,5-7,24-34,65H2,1-4H3,(H,67,82)(H,68,83)(H,69,85)(H,70,84)(H,71,86)/t35-,36+,37+,45+,47?,48?,49+,50?,51?,52?,53?,54-,55-,56-,57?/m0/s1. The maximum absolute atomic E-state index is 14.8. The second-order valence-electron chi connectivity index (χ2n) is 23.3. The lowest BCUT2D eigenvalue weighted by molar-refractivity contribution is -0.148. The Morgan fingerprint density at radius 1 is 0.637 bits per heavy atom. The van der Waals surface area contributed by atoms with Crippen LogP contribution in [-0.4, -0.2) is 230 Å². The highest BCUT2D eigenvalue weighted by Crippen LogP contribution is 2.30. The molecule has 0 aromatic heterocycles. The fourth-order valence-corrected chi connectivity index (χ4v) is 11.1. The maximum Gasteiger partial charge on any atom is 0.251 e. The molecular formula is C64H87N9O18. The van der Waals surface area contributed by atoms with E-state index in [9.17, 15) is 74.4 Å². The number of benzene rings is 4. The van der Waals surface area contributed by atoms with Crippen LogP contribution in [0.1, 0.15) is 81.8 Å². The topological polar surface area (TPSA) is 414 Å². The van der Waals surface area contributed by atoms with Gasteiger partial charge in [-0.05, 0) is 84.5 Å². The lowest BCUT2D eigenvalue weighted by atomic mass is 9.96. The number of fused-ring (bicyclic) bond motifs is 2. The molecule has 3 aliphatic rings. The number of ether oxygens (including phenoxy) is 3. The summed E-state index contributed by atoms with van der Waals surface area (Å²) in [7, 11) is 0. The summed E-state index contributed by atoms with van der Waals surface area (Å²) >= 11 is 0. The minimum atomic E-state index is -2.30. The largest absolute Gasteiger partial charge is 0.508 e. The first-order chi connectivity index (χ1) is 43.5. The van der Waals surface area contributed by atoms with E-state index in [0.717, 1.165) is 70.9 Å². The number of unbranched alkanes of at least 4 members (excludes halogenated alkanes) is 2. The minimum Gasteiger partial charge on any atom is -0.508 e. The summed E-state index contributed by atoms with van der Waals surface area (Å²) in [5.41, 5.74) is 8.95. The number of aromatic hydroxyl groups is 1. The number of aliphatic hydroxyl groups is 7. The molecule has 0 bridgehead atoms. The van der Waals surface area contributed by atoms with Gasteiger partial charge in [0, 0.05) is 50.5 Å². The third kappa shape index (κ3) is 18.7. The van der Waals surface area contributed by atoms with Crippen LogP contribution in [0.4, 0.5) is 0 Å². The number of phenolic OH excluding ortho intramolecular Hbond substituents is 1. The van der Waals surface area contributed by atoms with E-state index < -0.39 is 152 Å². The van der Waals surface area contributed by atoms with E-state index in [-0.39, 0.29) is 62.9 Å². The number of rotatable bonds is 23. The molecule has 0 spiro atoms. The van der Waals surface area contributed by atoms with Crippen molar-refractivity contribution in [1.82, 2.24) is 41.7 Å². The second kappa shape index (κ2) is 33.6. The van der Waals surface area contributed by atoms with Crippen LogP contribution in [0.5, 0.6) is 11.5 Å². The third-order valence-electron chi connectivity index (χ3n) is 16.3. The van der Waals surface area contributed by atoms with Crippen LogP contribution in [-0.2, 0) is 38.2 Å². The number of nitrogens with one attached hydrogen (secondary N) is 6. The van der Waals surface area contributed by atoms with Crippen LogP contribution in [0.25, 0.3) is 22.3 Å². The highest BCUT2D eigenvalue weighted by atomic mass is 16.5. The molecule has 4 aromatic carbocycles. The predicted molar refractivity (Wildman–Crippen MR) is 330 cm³/mol. The number of hydrogen-bond donors (Lipinski definition) is 15. The van der Waals surface area contributed by atoms with Crippen molar-refractivity contribution in [3.63, 3.8) is 0 Å². The Labute approximate surface area is 527 Å². The normalized spacial score (nSPS) is 26.0. The Bertz CT molecular complexity index is 3050. The van der Waals surface area contributed by atoms with Gasteiger partial charge in [0.15, 0.2) is 0 Å². The Morgan fingerprint density at radius 3 is 1.77 bits per heavy atom. The number of carbonyl (C=O) groups is 7. The van der Waals surface area contributed by atoms with Crippen LogP contribution >= 0.6 is 0 Å². The molecule has 496 valence electrons. The molecule has 7 unspecified atom stereocenters. The van der Waals surface area contributed by atoms with E-state index in [1.165, 1.54) is 43.3 Å². The van der Waals surface area contributed by atoms with Gasteiger partial charge in [-0.25, -0.2) is 0 Å². The van der Waals surface area contributed by atoms with Crippen molar-refractivity contribution in [2.24, 2.45) is 11.7 Å². The Morgan fingerprint density at radius 2 is 1.19 bits per heavy atom. The molecule has 3 saturated heterocycles. The molecule has 3 heterocycles. The molecule has 7 rings (SSSR count). The van der Waals surface area contributed by atoms with Gasteiger partial charge in [0.2, 0.25) is 35.4 Å². The molecule has 0 aliphatic carbocycles. The van der Waals surface area contributed by atoms with E-state index in [2.05, 4.69) is 38.8 Å². The van der Waals surface area contributed by atoms with Crippen molar-refractivity contribution in [3.05, 3.63) is 108 Å². The summed E-state index contributed by atoms with van der Waals surface area (Å²) in [6.07, 6.45) is -12.5. The molecule has 0 radical (unpaired) electrons. The smallest absolute Gasteiger partial charge is 0.251 e. The monoisotopic (exact) mass is 1270 g/mol. The predicted octanol–water partition coefficient (Wildman–Crippen LogP) is -1.34. The minimum absolute atomic E-state index is 0.0391. The van der Waals surface area contributed by atoms with Crippen molar-refractivity contribution < 1.29 is 88.6 Å². The number of hydrogen-bond acceptors (Lipinski definition) is 20. The van der Waals surface area contributed by atoms with Crippen LogP contribution in [0.15, 0.2) is 97.1 Å². The molecule has 27 heteroatoms. The zero-order chi connectivity index (χ0) is 66.1. The van der Waals surface area contributed by atoms with E-state index in [4.69, 9.17) is 19.9 Å². The Kier molecular flexibility index (Phi) is 26.1. The van der Waals surface area contributed by atoms with Crippen molar-refractivity contribution >= 4 is 41.4 Å². The fraction of sp³-hybridized carbons (Fsp3) is 0.516.